The maximum Gasteiger partial charge on any atom is 0.416 e. The number of nitrogens with zero attached hydrogens (tertiary/aromatic N) is 3. The molecule has 0 N–H and O–H groups in total. The van der Waals surface area contributed by atoms with E-state index in [0.717, 1.165) is 57.8 Å². The van der Waals surface area contributed by atoms with Crippen LogP contribution in [-0.4, -0.2) is 0 Å². The van der Waals surface area contributed by atoms with Crippen LogP contribution in [-0.2, 0) is 19.0 Å². The van der Waals surface area contributed by atoms with E-state index in [0.29, 0.717) is 33.6 Å². The van der Waals surface area contributed by atoms with Gasteiger partial charge in [-0.15, -0.1) is 0 Å². The van der Waals surface area contributed by atoms with E-state index in [1.54, 1.807) is 6.92 Å². The Bertz CT molecular complexity index is 2940. The number of hydrogen-bond donors (Lipinski definition) is 0. The lowest BCUT2D eigenvalue weighted by molar-refractivity contribution is -0.137. The lowest BCUT2D eigenvalue weighted by Crippen LogP contribution is -2.26. The monoisotopic (exact) mass is 843 g/mol. The Kier molecular flexibility index (Phi) is 10.4. The molecule has 0 aliphatic carbocycles. The second-order valence-electron chi connectivity index (χ2n) is 18.9. The Morgan fingerprint density at radius 1 is 0.413 bits per heavy atom. The van der Waals surface area contributed by atoms with Gasteiger partial charge in [0, 0.05) is 18.4 Å². The van der Waals surface area contributed by atoms with Gasteiger partial charge in [-0.1, -0.05) is 6.07 Å². The highest BCUT2D eigenvalue weighted by atomic mass is 19.4. The minimum absolute atomic E-state index is 0.451. The van der Waals surface area contributed by atoms with E-state index in [1.165, 1.54) is 101 Å². The zero-order valence-corrected chi connectivity index (χ0v) is 40.3. The lowest BCUT2D eigenvalue weighted by atomic mass is 9.79. The Hall–Kier alpha value is -5.80. The van der Waals surface area contributed by atoms with Crippen molar-refractivity contribution in [2.45, 2.75) is 137 Å². The molecule has 0 saturated carbocycles. The van der Waals surface area contributed by atoms with Crippen LogP contribution < -0.4 is 9.80 Å². The van der Waals surface area contributed by atoms with Crippen LogP contribution in [0, 0.1) is 129 Å². The molecule has 0 saturated heterocycles. The molecule has 0 bridgehead atoms. The van der Waals surface area contributed by atoms with Crippen molar-refractivity contribution >= 4 is 34.1 Å². The number of anilines is 6. The molecule has 2 heterocycles. The molecular weight excluding hydrogens is 784 g/mol. The molecule has 0 radical (unpaired) electrons. The van der Waals surface area contributed by atoms with E-state index in [2.05, 4.69) is 127 Å². The molecule has 0 spiro atoms. The SMILES string of the molecule is Cc1cc(-c2cc(N3c4c(C)c(C)c(C)c(C)c4Cc4c(C)c(C)c(C)c(C)c43)c(C#N)cc2N2c3c(C)c(C)c(C)c(C)c3Cc3c(C)c(C)c(C)c(C)c32)cc(C(F)(F)F)c1. The second kappa shape index (κ2) is 14.9. The van der Waals surface area contributed by atoms with Crippen LogP contribution in [0.1, 0.15) is 128 Å². The highest BCUT2D eigenvalue weighted by molar-refractivity contribution is 6.00. The van der Waals surface area contributed by atoms with Gasteiger partial charge in [-0.25, -0.2) is 0 Å². The molecule has 2 aliphatic heterocycles. The van der Waals surface area contributed by atoms with Crippen LogP contribution in [0.5, 0.6) is 0 Å². The predicted molar refractivity (Wildman–Crippen MR) is 257 cm³/mol. The number of hydrogen-bond acceptors (Lipinski definition) is 3. The van der Waals surface area contributed by atoms with Gasteiger partial charge in [0.05, 0.1) is 45.3 Å². The molecule has 0 unspecified atom stereocenters. The normalized spacial score (nSPS) is 13.2. The van der Waals surface area contributed by atoms with Gasteiger partial charge in [-0.3, -0.25) is 0 Å². The van der Waals surface area contributed by atoms with E-state index < -0.39 is 11.7 Å². The van der Waals surface area contributed by atoms with Gasteiger partial charge in [-0.2, -0.15) is 18.4 Å². The summed E-state index contributed by atoms with van der Waals surface area (Å²) in [5, 5.41) is 11.6. The van der Waals surface area contributed by atoms with Crippen molar-refractivity contribution in [3.8, 4) is 17.2 Å². The van der Waals surface area contributed by atoms with Crippen molar-refractivity contribution < 1.29 is 13.2 Å². The van der Waals surface area contributed by atoms with Gasteiger partial charge in [0.15, 0.2) is 0 Å². The molecule has 3 nitrogen and oxygen atoms in total. The van der Waals surface area contributed by atoms with Crippen molar-refractivity contribution in [1.82, 2.24) is 0 Å². The first-order valence-corrected chi connectivity index (χ1v) is 22.2. The number of halogens is 3. The maximum atomic E-state index is 14.9. The number of rotatable bonds is 3. The highest BCUT2D eigenvalue weighted by Gasteiger charge is 2.38. The number of benzene rings is 6. The van der Waals surface area contributed by atoms with E-state index in [4.69, 9.17) is 0 Å². The van der Waals surface area contributed by atoms with Gasteiger partial charge in [0.25, 0.3) is 0 Å². The Labute approximate surface area is 373 Å². The minimum atomic E-state index is -4.57. The zero-order chi connectivity index (χ0) is 46.2. The third kappa shape index (κ3) is 6.28. The summed E-state index contributed by atoms with van der Waals surface area (Å²) in [7, 11) is 0. The molecule has 6 aromatic carbocycles. The smallest absolute Gasteiger partial charge is 0.309 e. The quantitative estimate of drug-likeness (QED) is 0.177. The third-order valence-corrected chi connectivity index (χ3v) is 16.2. The molecule has 6 heteroatoms. The molecule has 2 aliphatic rings. The van der Waals surface area contributed by atoms with Crippen LogP contribution in [0.2, 0.25) is 0 Å². The molecule has 63 heavy (non-hydrogen) atoms. The van der Waals surface area contributed by atoms with Gasteiger partial charge in [-0.05, 0) is 264 Å². The van der Waals surface area contributed by atoms with Crippen molar-refractivity contribution in [2.24, 2.45) is 0 Å². The molecule has 0 fully saturated rings. The zero-order valence-electron chi connectivity index (χ0n) is 40.3. The summed E-state index contributed by atoms with van der Waals surface area (Å²) in [5.41, 5.74) is 30.8. The topological polar surface area (TPSA) is 30.3 Å². The summed E-state index contributed by atoms with van der Waals surface area (Å²) in [6.07, 6.45) is -3.08. The number of alkyl halides is 3. The fourth-order valence-corrected chi connectivity index (χ4v) is 11.0. The van der Waals surface area contributed by atoms with Crippen LogP contribution in [0.25, 0.3) is 11.1 Å². The second-order valence-corrected chi connectivity index (χ2v) is 18.9. The summed E-state index contributed by atoms with van der Waals surface area (Å²) in [6.45, 7) is 36.6. The lowest BCUT2D eigenvalue weighted by Gasteiger charge is -2.42. The molecular formula is C57H60F3N3. The largest absolute Gasteiger partial charge is 0.416 e. The average Bonchev–Trinajstić information content (AvgIpc) is 3.25. The summed E-state index contributed by atoms with van der Waals surface area (Å²) in [6, 6.07) is 11.1. The predicted octanol–water partition coefficient (Wildman–Crippen LogP) is 16.2. The van der Waals surface area contributed by atoms with Gasteiger partial charge in [0.2, 0.25) is 0 Å². The molecule has 0 amide bonds. The van der Waals surface area contributed by atoms with Crippen molar-refractivity contribution in [3.05, 3.63) is 158 Å². The maximum absolute atomic E-state index is 14.9. The summed E-state index contributed by atoms with van der Waals surface area (Å²) in [5.74, 6) is 0. The fourth-order valence-electron chi connectivity index (χ4n) is 11.0. The average molecular weight is 844 g/mol. The number of aryl methyl sites for hydroxylation is 1. The highest BCUT2D eigenvalue weighted by Crippen LogP contribution is 2.57. The van der Waals surface area contributed by atoms with Crippen LogP contribution in [0.3, 0.4) is 0 Å². The summed E-state index contributed by atoms with van der Waals surface area (Å²) in [4.78, 5) is 4.62. The van der Waals surface area contributed by atoms with E-state index in [9.17, 15) is 18.4 Å². The van der Waals surface area contributed by atoms with Gasteiger partial charge in [0.1, 0.15) is 6.07 Å². The van der Waals surface area contributed by atoms with Crippen LogP contribution in [0.15, 0.2) is 30.3 Å². The number of nitriles is 1. The summed E-state index contributed by atoms with van der Waals surface area (Å²) < 4.78 is 44.8. The van der Waals surface area contributed by atoms with Crippen LogP contribution in [0.4, 0.5) is 47.3 Å². The van der Waals surface area contributed by atoms with E-state index in [-0.39, 0.29) is 0 Å². The molecule has 8 rings (SSSR count). The third-order valence-electron chi connectivity index (χ3n) is 16.2. The van der Waals surface area contributed by atoms with Crippen molar-refractivity contribution in [3.63, 3.8) is 0 Å². The van der Waals surface area contributed by atoms with E-state index >= 15 is 0 Å². The van der Waals surface area contributed by atoms with Crippen LogP contribution >= 0.6 is 0 Å². The standard InChI is InChI=1S/C57H60F3N3/c1-26-18-43(20-45(19-26)57(58,59)60)50-24-51(62-53-39(14)31(6)27(2)35(10)46(53)22-47-36(11)28(3)32(7)40(15)54(47)62)44(25-61)21-52(50)63-55-41(16)33(8)29(4)37(12)48(55)23-49-38(13)30(5)34(9)42(17)56(49)63/h18-21,24H,22-23H2,1-17H3. The van der Waals surface area contributed by atoms with Crippen molar-refractivity contribution in [2.75, 3.05) is 9.80 Å². The van der Waals surface area contributed by atoms with Crippen molar-refractivity contribution in [1.29, 1.82) is 5.26 Å². The fraction of sp³-hybridized carbons (Fsp3) is 0.351. The molecule has 324 valence electrons. The number of fused-ring (bicyclic) bond motifs is 4. The Morgan fingerprint density at radius 3 is 1.08 bits per heavy atom. The molecule has 0 atom stereocenters. The van der Waals surface area contributed by atoms with E-state index in [1.807, 2.05) is 18.2 Å². The Morgan fingerprint density at radius 2 is 0.746 bits per heavy atom. The Balaban J connectivity index is 1.60. The van der Waals surface area contributed by atoms with Gasteiger partial charge >= 0.3 is 6.18 Å². The minimum Gasteiger partial charge on any atom is -0.309 e. The molecule has 0 aromatic heterocycles. The first kappa shape index (κ1) is 43.8. The first-order chi connectivity index (χ1) is 29.4. The first-order valence-electron chi connectivity index (χ1n) is 22.2. The molecule has 6 aromatic rings. The van der Waals surface area contributed by atoms with Gasteiger partial charge < -0.3 is 9.80 Å². The summed E-state index contributed by atoms with van der Waals surface area (Å²) >= 11 is 0.